The number of likely N-dealkylation sites (tertiary alicyclic amines) is 1. The van der Waals surface area contributed by atoms with Gasteiger partial charge in [-0.05, 0) is 81.0 Å². The van der Waals surface area contributed by atoms with E-state index in [0.717, 1.165) is 73.3 Å². The van der Waals surface area contributed by atoms with Crippen LogP contribution in [-0.4, -0.2) is 65.8 Å². The van der Waals surface area contributed by atoms with Gasteiger partial charge in [0.2, 0.25) is 5.92 Å². The largest absolute Gasteiger partial charge is 0.480 e. The van der Waals surface area contributed by atoms with Crippen LogP contribution in [0.5, 0.6) is 0 Å². The summed E-state index contributed by atoms with van der Waals surface area (Å²) >= 11 is 0. The zero-order chi connectivity index (χ0) is 29.3. The van der Waals surface area contributed by atoms with Crippen molar-refractivity contribution >= 4 is 11.8 Å². The molecule has 1 aliphatic carbocycles. The number of halogens is 2. The maximum absolute atomic E-state index is 13.6. The predicted molar refractivity (Wildman–Crippen MR) is 156 cm³/mol. The zero-order valence-electron chi connectivity index (χ0n) is 24.5. The highest BCUT2D eigenvalue weighted by Gasteiger charge is 2.57. The second-order valence-corrected chi connectivity index (χ2v) is 13.0. The first-order valence-corrected chi connectivity index (χ1v) is 15.6. The fraction of sp³-hybridized carbons (Fsp3) is 0.636. The Balaban J connectivity index is 1.02. The molecule has 4 heterocycles. The number of hydrogen-bond acceptors (Lipinski definition) is 6. The molecule has 7 nitrogen and oxygen atoms in total. The molecule has 6 rings (SSSR count). The number of nitrogens with zero attached hydrogens (tertiary/aromatic N) is 2. The van der Waals surface area contributed by atoms with E-state index < -0.39 is 23.3 Å². The summed E-state index contributed by atoms with van der Waals surface area (Å²) in [7, 11) is 0. The number of benzene rings is 1. The lowest BCUT2D eigenvalue weighted by molar-refractivity contribution is -0.212. The van der Waals surface area contributed by atoms with Gasteiger partial charge >= 0.3 is 5.97 Å². The molecular weight excluding hydrogens is 540 g/mol. The molecule has 2 aromatic rings. The molecule has 1 aromatic heterocycles. The minimum Gasteiger partial charge on any atom is -0.480 e. The van der Waals surface area contributed by atoms with E-state index in [1.807, 2.05) is 30.0 Å². The van der Waals surface area contributed by atoms with Crippen LogP contribution >= 0.6 is 0 Å². The second-order valence-electron chi connectivity index (χ2n) is 13.0. The standard InChI is InChI=1S/C33H43F2N3O4/c1-22-7-10-26(28-11-13-32(21-42-28)19-33(34,35)20-32)27(17-22)29(31(39)40)38-15-12-25(18-38)41-16-3-2-6-24-9-8-23-5-4-14-36-30(23)37-24/h7-10,17,25,28-29H,2-6,11-16,18-21H2,1H3,(H,36,37)(H,39,40)/t25-,28-,29-/m1/s1. The van der Waals surface area contributed by atoms with Gasteiger partial charge in [0.1, 0.15) is 11.9 Å². The number of aryl methyl sites for hydroxylation is 3. The highest BCUT2D eigenvalue weighted by atomic mass is 19.3. The van der Waals surface area contributed by atoms with Gasteiger partial charge < -0.3 is 19.9 Å². The monoisotopic (exact) mass is 583 g/mol. The van der Waals surface area contributed by atoms with Gasteiger partial charge in [0.05, 0.1) is 18.8 Å². The lowest BCUT2D eigenvalue weighted by Crippen LogP contribution is -2.51. The third-order valence-corrected chi connectivity index (χ3v) is 9.59. The molecule has 3 aliphatic heterocycles. The van der Waals surface area contributed by atoms with Crippen molar-refractivity contribution in [2.75, 3.05) is 38.2 Å². The Morgan fingerprint density at radius 1 is 1.24 bits per heavy atom. The summed E-state index contributed by atoms with van der Waals surface area (Å²) < 4.78 is 39.6. The molecule has 228 valence electrons. The van der Waals surface area contributed by atoms with Crippen LogP contribution in [0.3, 0.4) is 0 Å². The highest BCUT2D eigenvalue weighted by molar-refractivity contribution is 5.76. The summed E-state index contributed by atoms with van der Waals surface area (Å²) in [5, 5.41) is 13.8. The Bertz CT molecular complexity index is 1270. The first kappa shape index (κ1) is 29.5. The Morgan fingerprint density at radius 2 is 2.10 bits per heavy atom. The molecule has 1 spiro atoms. The van der Waals surface area contributed by atoms with Gasteiger partial charge in [-0.3, -0.25) is 9.69 Å². The average Bonchev–Trinajstić information content (AvgIpc) is 3.40. The number of rotatable bonds is 10. The number of carboxylic acids is 1. The summed E-state index contributed by atoms with van der Waals surface area (Å²) in [4.78, 5) is 19.5. The van der Waals surface area contributed by atoms with Crippen LogP contribution < -0.4 is 5.32 Å². The minimum atomic E-state index is -2.58. The zero-order valence-corrected chi connectivity index (χ0v) is 24.5. The van der Waals surface area contributed by atoms with Crippen molar-refractivity contribution in [2.45, 2.75) is 95.3 Å². The lowest BCUT2D eigenvalue weighted by atomic mass is 9.62. The van der Waals surface area contributed by atoms with E-state index in [1.165, 1.54) is 5.56 Å². The van der Waals surface area contributed by atoms with E-state index >= 15 is 0 Å². The molecule has 9 heteroatoms. The van der Waals surface area contributed by atoms with Crippen LogP contribution in [0.2, 0.25) is 0 Å². The molecule has 0 bridgehead atoms. The number of anilines is 1. The summed E-state index contributed by atoms with van der Waals surface area (Å²) in [6.07, 6.45) is 6.68. The van der Waals surface area contributed by atoms with E-state index in [1.54, 1.807) is 0 Å². The van der Waals surface area contributed by atoms with Gasteiger partial charge in [-0.2, -0.15) is 0 Å². The van der Waals surface area contributed by atoms with E-state index in [2.05, 4.69) is 17.4 Å². The Kier molecular flexibility index (Phi) is 8.53. The second kappa shape index (κ2) is 12.2. The number of ether oxygens (including phenoxy) is 2. The third-order valence-electron chi connectivity index (χ3n) is 9.59. The number of aliphatic carboxylic acids is 1. The molecule has 1 aromatic carbocycles. The number of fused-ring (bicyclic) bond motifs is 1. The number of alkyl halides is 2. The van der Waals surface area contributed by atoms with Crippen LogP contribution in [0.1, 0.15) is 91.5 Å². The molecule has 0 unspecified atom stereocenters. The van der Waals surface area contributed by atoms with Crippen molar-refractivity contribution < 1.29 is 28.2 Å². The van der Waals surface area contributed by atoms with Gasteiger partial charge in [0.15, 0.2) is 0 Å². The normalized spacial score (nSPS) is 25.4. The van der Waals surface area contributed by atoms with Crippen molar-refractivity contribution in [3.05, 3.63) is 58.3 Å². The molecule has 0 radical (unpaired) electrons. The SMILES string of the molecule is Cc1ccc([C@H]2CCC3(CO2)CC(F)(F)C3)c([C@H](C(=O)O)N2CC[C@@H](OCCCCc3ccc4c(n3)NCCC4)C2)c1. The number of pyridine rings is 1. The Hall–Kier alpha value is -2.62. The number of aromatic nitrogens is 1. The molecule has 3 atom stereocenters. The van der Waals surface area contributed by atoms with Gasteiger partial charge in [-0.1, -0.05) is 29.8 Å². The molecule has 0 amide bonds. The fourth-order valence-corrected chi connectivity index (χ4v) is 7.44. The summed E-state index contributed by atoms with van der Waals surface area (Å²) in [6, 6.07) is 9.43. The van der Waals surface area contributed by atoms with Crippen LogP contribution in [0.4, 0.5) is 14.6 Å². The Labute approximate surface area is 247 Å². The van der Waals surface area contributed by atoms with Crippen molar-refractivity contribution in [3.8, 4) is 0 Å². The van der Waals surface area contributed by atoms with Crippen LogP contribution in [0, 0.1) is 12.3 Å². The third kappa shape index (κ3) is 6.48. The molecule has 4 aliphatic rings. The van der Waals surface area contributed by atoms with E-state index in [0.29, 0.717) is 39.1 Å². The number of hydrogen-bond donors (Lipinski definition) is 2. The number of carboxylic acid groups (broad SMARTS) is 1. The number of nitrogens with one attached hydrogen (secondary N) is 1. The van der Waals surface area contributed by atoms with Crippen LogP contribution in [0.15, 0.2) is 30.3 Å². The molecular formula is C33H43F2N3O4. The quantitative estimate of drug-likeness (QED) is 0.320. The van der Waals surface area contributed by atoms with Gasteiger partial charge in [0, 0.05) is 50.2 Å². The Morgan fingerprint density at radius 3 is 2.86 bits per heavy atom. The van der Waals surface area contributed by atoms with Crippen molar-refractivity contribution in [2.24, 2.45) is 5.41 Å². The van der Waals surface area contributed by atoms with Crippen LogP contribution in [-0.2, 0) is 27.1 Å². The van der Waals surface area contributed by atoms with E-state index in [4.69, 9.17) is 14.5 Å². The molecule has 2 N–H and O–H groups in total. The lowest BCUT2D eigenvalue weighted by Gasteiger charge is -2.51. The van der Waals surface area contributed by atoms with Gasteiger partial charge in [-0.15, -0.1) is 0 Å². The summed E-state index contributed by atoms with van der Waals surface area (Å²) in [5.74, 6) is -2.43. The molecule has 42 heavy (non-hydrogen) atoms. The molecule has 1 saturated carbocycles. The average molecular weight is 584 g/mol. The summed E-state index contributed by atoms with van der Waals surface area (Å²) in [5.41, 5.74) is 4.58. The smallest absolute Gasteiger partial charge is 0.325 e. The topological polar surface area (TPSA) is 83.9 Å². The molecule has 3 fully saturated rings. The van der Waals surface area contributed by atoms with E-state index in [-0.39, 0.29) is 25.0 Å². The fourth-order valence-electron chi connectivity index (χ4n) is 7.44. The van der Waals surface area contributed by atoms with Crippen molar-refractivity contribution in [3.63, 3.8) is 0 Å². The maximum Gasteiger partial charge on any atom is 0.325 e. The maximum atomic E-state index is 13.6. The minimum absolute atomic E-state index is 0.00254. The number of unbranched alkanes of at least 4 members (excludes halogenated alkanes) is 1. The molecule has 2 saturated heterocycles. The van der Waals surface area contributed by atoms with Gasteiger partial charge in [0.25, 0.3) is 0 Å². The van der Waals surface area contributed by atoms with Gasteiger partial charge in [-0.25, -0.2) is 13.8 Å². The van der Waals surface area contributed by atoms with Crippen molar-refractivity contribution in [1.29, 1.82) is 0 Å². The van der Waals surface area contributed by atoms with E-state index in [9.17, 15) is 18.7 Å². The van der Waals surface area contributed by atoms with Crippen LogP contribution in [0.25, 0.3) is 0 Å². The first-order chi connectivity index (χ1) is 20.2. The summed E-state index contributed by atoms with van der Waals surface area (Å²) in [6.45, 7) is 5.11. The number of carbonyl (C=O) groups is 1. The predicted octanol–water partition coefficient (Wildman–Crippen LogP) is 6.25. The van der Waals surface area contributed by atoms with Crippen molar-refractivity contribution in [1.82, 2.24) is 9.88 Å². The highest BCUT2D eigenvalue weighted by Crippen LogP contribution is 2.58. The first-order valence-electron chi connectivity index (χ1n) is 15.6.